The normalized spacial score (nSPS) is 13.1. The van der Waals surface area contributed by atoms with E-state index in [-0.39, 0.29) is 13.0 Å². The van der Waals surface area contributed by atoms with Gasteiger partial charge in [-0.1, -0.05) is 172 Å². The van der Waals surface area contributed by atoms with Crippen LogP contribution in [0.15, 0.2) is 48.6 Å². The van der Waals surface area contributed by atoms with Gasteiger partial charge in [-0.2, -0.15) is 0 Å². The molecular formula is C41H75O7P. The summed E-state index contributed by atoms with van der Waals surface area (Å²) in [5.41, 5.74) is 0. The molecule has 0 aromatic rings. The van der Waals surface area contributed by atoms with Crippen molar-refractivity contribution in [2.75, 3.05) is 19.8 Å². The Morgan fingerprint density at radius 2 is 0.959 bits per heavy atom. The number of rotatable bonds is 37. The van der Waals surface area contributed by atoms with Gasteiger partial charge in [0.25, 0.3) is 0 Å². The Kier molecular flexibility index (Phi) is 36.6. The van der Waals surface area contributed by atoms with Crippen LogP contribution in [0.4, 0.5) is 0 Å². The van der Waals surface area contributed by atoms with Gasteiger partial charge < -0.3 is 19.3 Å². The van der Waals surface area contributed by atoms with Crippen LogP contribution in [0, 0.1) is 0 Å². The van der Waals surface area contributed by atoms with Crippen molar-refractivity contribution in [1.29, 1.82) is 0 Å². The van der Waals surface area contributed by atoms with E-state index in [0.717, 1.165) is 38.5 Å². The predicted octanol–water partition coefficient (Wildman–Crippen LogP) is 12.4. The molecule has 286 valence electrons. The van der Waals surface area contributed by atoms with Crippen molar-refractivity contribution in [1.82, 2.24) is 0 Å². The summed E-state index contributed by atoms with van der Waals surface area (Å²) in [6.45, 7) is 4.68. The lowest BCUT2D eigenvalue weighted by Crippen LogP contribution is -2.28. The maximum atomic E-state index is 12.4. The van der Waals surface area contributed by atoms with E-state index in [0.29, 0.717) is 13.0 Å². The number of esters is 1. The third kappa shape index (κ3) is 40.8. The van der Waals surface area contributed by atoms with Crippen molar-refractivity contribution in [3.05, 3.63) is 48.6 Å². The second kappa shape index (κ2) is 37.7. The van der Waals surface area contributed by atoms with Gasteiger partial charge in [0.1, 0.15) is 6.10 Å². The molecule has 2 N–H and O–H groups in total. The lowest BCUT2D eigenvalue weighted by molar-refractivity contribution is -0.154. The summed E-state index contributed by atoms with van der Waals surface area (Å²) in [6.07, 6.45) is 46.8. The molecule has 0 spiro atoms. The molecule has 0 aliphatic rings. The first-order valence-electron chi connectivity index (χ1n) is 20.0. The fourth-order valence-corrected chi connectivity index (χ4v) is 5.79. The molecule has 0 radical (unpaired) electrons. The van der Waals surface area contributed by atoms with Gasteiger partial charge in [-0.15, -0.1) is 0 Å². The van der Waals surface area contributed by atoms with Crippen LogP contribution in [0.3, 0.4) is 0 Å². The zero-order valence-corrected chi connectivity index (χ0v) is 32.5. The van der Waals surface area contributed by atoms with E-state index in [1.807, 2.05) is 0 Å². The molecule has 0 saturated heterocycles. The number of ether oxygens (including phenoxy) is 2. The summed E-state index contributed by atoms with van der Waals surface area (Å²) in [7, 11) is -4.67. The van der Waals surface area contributed by atoms with Gasteiger partial charge in [-0.3, -0.25) is 9.32 Å². The molecule has 0 rings (SSSR count). The summed E-state index contributed by atoms with van der Waals surface area (Å²) in [4.78, 5) is 30.5. The van der Waals surface area contributed by atoms with Crippen LogP contribution in [0.2, 0.25) is 0 Å². The SMILES string of the molecule is CCCCC/C=C\C/C=C\C/C=C\C/C=C\CCCC(=O)O[C@H](COCCCCCCCCCCCCCCCCCC)COP(=O)(O)O. The Morgan fingerprint density at radius 3 is 1.43 bits per heavy atom. The van der Waals surface area contributed by atoms with Crippen LogP contribution >= 0.6 is 7.82 Å². The van der Waals surface area contributed by atoms with Crippen molar-refractivity contribution in [2.24, 2.45) is 0 Å². The quantitative estimate of drug-likeness (QED) is 0.0286. The molecule has 0 aromatic carbocycles. The molecular weight excluding hydrogens is 635 g/mol. The number of allylic oxidation sites excluding steroid dienone is 8. The van der Waals surface area contributed by atoms with Crippen molar-refractivity contribution in [2.45, 2.75) is 187 Å². The smallest absolute Gasteiger partial charge is 0.457 e. The van der Waals surface area contributed by atoms with Gasteiger partial charge in [-0.25, -0.2) is 4.57 Å². The maximum absolute atomic E-state index is 12.4. The van der Waals surface area contributed by atoms with E-state index in [9.17, 15) is 9.36 Å². The summed E-state index contributed by atoms with van der Waals surface area (Å²) < 4.78 is 26.9. The molecule has 0 heterocycles. The Hall–Kier alpha value is -1.50. The minimum Gasteiger partial charge on any atom is -0.457 e. The zero-order valence-electron chi connectivity index (χ0n) is 31.6. The number of carbonyl (C=O) groups excluding carboxylic acids is 1. The molecule has 0 fully saturated rings. The molecule has 8 heteroatoms. The Labute approximate surface area is 301 Å². The third-order valence-corrected chi connectivity index (χ3v) is 8.87. The van der Waals surface area contributed by atoms with E-state index in [2.05, 4.69) is 67.0 Å². The molecule has 49 heavy (non-hydrogen) atoms. The minimum absolute atomic E-state index is 0.0572. The fourth-order valence-electron chi connectivity index (χ4n) is 5.43. The molecule has 0 amide bonds. The fraction of sp³-hybridized carbons (Fsp3) is 0.780. The van der Waals surface area contributed by atoms with E-state index in [1.165, 1.54) is 116 Å². The number of hydrogen-bond donors (Lipinski definition) is 2. The lowest BCUT2D eigenvalue weighted by Gasteiger charge is -2.18. The summed E-state index contributed by atoms with van der Waals surface area (Å²) in [5.74, 6) is -0.416. The summed E-state index contributed by atoms with van der Waals surface area (Å²) in [6, 6.07) is 0. The first-order valence-corrected chi connectivity index (χ1v) is 21.5. The second-order valence-corrected chi connectivity index (χ2v) is 14.5. The first kappa shape index (κ1) is 47.5. The Bertz CT molecular complexity index is 877. The van der Waals surface area contributed by atoms with Crippen molar-refractivity contribution in [3.8, 4) is 0 Å². The highest BCUT2D eigenvalue weighted by atomic mass is 31.2. The first-order chi connectivity index (χ1) is 23.9. The standard InChI is InChI=1S/C41H75O7P/c1-3-5-7-9-11-13-15-17-19-21-22-24-26-28-30-32-34-36-41(42)48-40(39-47-49(43,44)45)38-46-37-35-33-31-29-27-25-23-20-18-16-14-12-10-8-6-4-2/h11,13,17,19,22,24,28,30,40H,3-10,12,14-16,18,20-21,23,25-27,29,31-39H2,1-2H3,(H2,43,44,45)/b13-11-,19-17-,24-22-,30-28-/t40-/m1/s1. The molecule has 7 nitrogen and oxygen atoms in total. The average molecular weight is 711 g/mol. The molecule has 0 aliphatic carbocycles. The van der Waals surface area contributed by atoms with Crippen LogP contribution in [-0.2, 0) is 23.4 Å². The van der Waals surface area contributed by atoms with Crippen molar-refractivity contribution < 1.29 is 33.1 Å². The molecule has 1 atom stereocenters. The second-order valence-electron chi connectivity index (χ2n) is 13.3. The maximum Gasteiger partial charge on any atom is 0.469 e. The third-order valence-electron chi connectivity index (χ3n) is 8.38. The van der Waals surface area contributed by atoms with E-state index < -0.39 is 26.5 Å². The highest BCUT2D eigenvalue weighted by Gasteiger charge is 2.21. The largest absolute Gasteiger partial charge is 0.469 e. The van der Waals surface area contributed by atoms with Crippen LogP contribution < -0.4 is 0 Å². The summed E-state index contributed by atoms with van der Waals surface area (Å²) >= 11 is 0. The topological polar surface area (TPSA) is 102 Å². The van der Waals surface area contributed by atoms with Gasteiger partial charge in [0.05, 0.1) is 13.2 Å². The van der Waals surface area contributed by atoms with E-state index >= 15 is 0 Å². The zero-order chi connectivity index (χ0) is 35.9. The Balaban J connectivity index is 3.91. The average Bonchev–Trinajstić information content (AvgIpc) is 3.07. The monoisotopic (exact) mass is 711 g/mol. The molecule has 0 saturated carbocycles. The van der Waals surface area contributed by atoms with Crippen LogP contribution in [-0.4, -0.2) is 41.7 Å². The summed E-state index contributed by atoms with van der Waals surface area (Å²) in [5, 5.41) is 0. The van der Waals surface area contributed by atoms with Gasteiger partial charge in [-0.05, 0) is 51.4 Å². The van der Waals surface area contributed by atoms with E-state index in [1.54, 1.807) is 0 Å². The molecule has 0 aromatic heterocycles. The lowest BCUT2D eigenvalue weighted by atomic mass is 10.0. The number of unbranched alkanes of at least 4 members (excludes halogenated alkanes) is 19. The van der Waals surface area contributed by atoms with Crippen LogP contribution in [0.1, 0.15) is 181 Å². The highest BCUT2D eigenvalue weighted by molar-refractivity contribution is 7.46. The van der Waals surface area contributed by atoms with E-state index in [4.69, 9.17) is 19.3 Å². The van der Waals surface area contributed by atoms with Crippen LogP contribution in [0.5, 0.6) is 0 Å². The van der Waals surface area contributed by atoms with Gasteiger partial charge in [0.15, 0.2) is 0 Å². The number of hydrogen-bond acceptors (Lipinski definition) is 5. The minimum atomic E-state index is -4.67. The van der Waals surface area contributed by atoms with Crippen molar-refractivity contribution in [3.63, 3.8) is 0 Å². The molecule has 0 aliphatic heterocycles. The molecule has 0 bridgehead atoms. The van der Waals surface area contributed by atoms with Crippen molar-refractivity contribution >= 4 is 13.8 Å². The number of phosphoric ester groups is 1. The van der Waals surface area contributed by atoms with Gasteiger partial charge >= 0.3 is 13.8 Å². The number of carbonyl (C=O) groups is 1. The van der Waals surface area contributed by atoms with Crippen LogP contribution in [0.25, 0.3) is 0 Å². The van der Waals surface area contributed by atoms with Gasteiger partial charge in [0.2, 0.25) is 0 Å². The Morgan fingerprint density at radius 1 is 0.551 bits per heavy atom. The highest BCUT2D eigenvalue weighted by Crippen LogP contribution is 2.35. The predicted molar refractivity (Wildman–Crippen MR) is 207 cm³/mol. The number of phosphoric acid groups is 1. The van der Waals surface area contributed by atoms with Gasteiger partial charge in [0, 0.05) is 13.0 Å². The molecule has 0 unspecified atom stereocenters.